The molecule has 1 aromatic carbocycles. The van der Waals surface area contributed by atoms with Crippen LogP contribution in [0.4, 0.5) is 0 Å². The van der Waals surface area contributed by atoms with Crippen molar-refractivity contribution in [1.29, 1.82) is 0 Å². The third-order valence-corrected chi connectivity index (χ3v) is 9.57. The van der Waals surface area contributed by atoms with E-state index in [1.807, 2.05) is 24.3 Å². The summed E-state index contributed by atoms with van der Waals surface area (Å²) in [7, 11) is -0.517. The molecule has 4 nitrogen and oxygen atoms in total. The van der Waals surface area contributed by atoms with E-state index in [-0.39, 0.29) is 11.0 Å². The predicted octanol–water partition coefficient (Wildman–Crippen LogP) is 5.22. The number of unbranched alkanes of at least 4 members (excludes halogenated alkanes) is 1. The van der Waals surface area contributed by atoms with Crippen LogP contribution in [0.25, 0.3) is 0 Å². The van der Waals surface area contributed by atoms with Crippen LogP contribution in [-0.4, -0.2) is 28.0 Å². The number of benzene rings is 1. The lowest BCUT2D eigenvalue weighted by Gasteiger charge is -2.35. The third-order valence-electron chi connectivity index (χ3n) is 5.09. The Morgan fingerprint density at radius 1 is 1.23 bits per heavy atom. The maximum absolute atomic E-state index is 11.1. The van der Waals surface area contributed by atoms with Crippen LogP contribution in [0.5, 0.6) is 0 Å². The van der Waals surface area contributed by atoms with Crippen molar-refractivity contribution in [3.8, 4) is 36.2 Å². The summed E-state index contributed by atoms with van der Waals surface area (Å²) >= 11 is 0. The van der Waals surface area contributed by atoms with Gasteiger partial charge in [-0.3, -0.25) is 0 Å². The Hall–Kier alpha value is -2.91. The summed E-state index contributed by atoms with van der Waals surface area (Å²) in [5.74, 6) is 12.0. The molecule has 0 N–H and O–H groups in total. The van der Waals surface area contributed by atoms with Gasteiger partial charge in [0.1, 0.15) is 6.11 Å². The SMILES string of the molecule is C#COC(C#CCO[Si](C)(C)C(C)(C)C)c1ccccc1C#CCC/C=C/C(=O)OC. The molecule has 0 bridgehead atoms. The first-order valence-electron chi connectivity index (χ1n) is 10.2. The number of allylic oxidation sites excluding steroid dienone is 1. The van der Waals surface area contributed by atoms with Gasteiger partial charge in [-0.2, -0.15) is 0 Å². The fraction of sp³-hybridized carbons (Fsp3) is 0.423. The van der Waals surface area contributed by atoms with E-state index in [1.54, 1.807) is 6.08 Å². The van der Waals surface area contributed by atoms with Gasteiger partial charge in [0, 0.05) is 23.6 Å². The van der Waals surface area contributed by atoms with Gasteiger partial charge in [0.25, 0.3) is 0 Å². The lowest BCUT2D eigenvalue weighted by atomic mass is 10.0. The Balaban J connectivity index is 2.90. The molecule has 0 spiro atoms. The van der Waals surface area contributed by atoms with Crippen LogP contribution in [0.3, 0.4) is 0 Å². The average Bonchev–Trinajstić information content (AvgIpc) is 2.72. The Kier molecular flexibility index (Phi) is 10.7. The van der Waals surface area contributed by atoms with Crippen LogP contribution in [0.1, 0.15) is 50.8 Å². The first-order valence-corrected chi connectivity index (χ1v) is 13.1. The van der Waals surface area contributed by atoms with Crippen molar-refractivity contribution in [2.75, 3.05) is 13.7 Å². The fourth-order valence-electron chi connectivity index (χ4n) is 2.21. The Labute approximate surface area is 188 Å². The minimum atomic E-state index is -1.86. The number of ether oxygens (including phenoxy) is 2. The molecule has 0 saturated carbocycles. The molecule has 1 aromatic rings. The molecule has 0 aliphatic carbocycles. The number of esters is 1. The molecule has 164 valence electrons. The van der Waals surface area contributed by atoms with E-state index in [9.17, 15) is 4.79 Å². The lowest BCUT2D eigenvalue weighted by molar-refractivity contribution is -0.134. The number of terminal acetylenes is 1. The van der Waals surface area contributed by atoms with Crippen molar-refractivity contribution in [1.82, 2.24) is 0 Å². The number of rotatable bonds is 7. The minimum absolute atomic E-state index is 0.123. The fourth-order valence-corrected chi connectivity index (χ4v) is 3.07. The Bertz CT molecular complexity index is 924. The van der Waals surface area contributed by atoms with Crippen LogP contribution in [-0.2, 0) is 18.7 Å². The smallest absolute Gasteiger partial charge is 0.330 e. The normalized spacial score (nSPS) is 12.0. The second-order valence-electron chi connectivity index (χ2n) is 8.34. The largest absolute Gasteiger partial charge is 0.466 e. The summed E-state index contributed by atoms with van der Waals surface area (Å²) in [5.41, 5.74) is 1.62. The highest BCUT2D eigenvalue weighted by Gasteiger charge is 2.36. The lowest BCUT2D eigenvalue weighted by Crippen LogP contribution is -2.40. The molecular formula is C26H32O4Si. The zero-order valence-corrected chi connectivity index (χ0v) is 20.4. The zero-order valence-electron chi connectivity index (χ0n) is 19.4. The molecule has 5 heteroatoms. The number of carbonyl (C=O) groups excluding carboxylic acids is 1. The summed E-state index contributed by atoms with van der Waals surface area (Å²) in [4.78, 5) is 11.1. The van der Waals surface area contributed by atoms with Crippen molar-refractivity contribution < 1.29 is 18.7 Å². The van der Waals surface area contributed by atoms with E-state index in [1.165, 1.54) is 13.2 Å². The highest BCUT2D eigenvalue weighted by molar-refractivity contribution is 6.74. The summed E-state index contributed by atoms with van der Waals surface area (Å²) in [6.07, 6.45) is 11.4. The first-order chi connectivity index (χ1) is 14.6. The number of hydrogen-bond donors (Lipinski definition) is 0. The van der Waals surface area contributed by atoms with Gasteiger partial charge in [-0.05, 0) is 30.6 Å². The molecule has 0 aliphatic heterocycles. The van der Waals surface area contributed by atoms with Gasteiger partial charge in [-0.1, -0.05) is 75.2 Å². The number of methoxy groups -OCH3 is 1. The number of hydrogen-bond acceptors (Lipinski definition) is 4. The summed E-state index contributed by atoms with van der Waals surface area (Å²) < 4.78 is 16.1. The highest BCUT2D eigenvalue weighted by atomic mass is 28.4. The topological polar surface area (TPSA) is 44.8 Å². The molecule has 31 heavy (non-hydrogen) atoms. The van der Waals surface area contributed by atoms with Crippen molar-refractivity contribution >= 4 is 14.3 Å². The molecule has 1 rings (SSSR count). The molecule has 0 fully saturated rings. The van der Waals surface area contributed by atoms with E-state index in [2.05, 4.69) is 68.4 Å². The standard InChI is InChI=1S/C26H32O4Si/c1-8-29-24(19-15-21-30-31(6,7)26(2,3)4)23-18-14-13-17-22(23)16-11-9-10-12-20-25(27)28-5/h1,12-14,17-18,20,24H,9-10,21H2,2-7H3/b20-12+. The number of carbonyl (C=O) groups is 1. The third kappa shape index (κ3) is 9.18. The van der Waals surface area contributed by atoms with Gasteiger partial charge < -0.3 is 13.9 Å². The summed E-state index contributed by atoms with van der Waals surface area (Å²) in [5, 5.41) is 0.123. The zero-order chi connectivity index (χ0) is 23.3. The van der Waals surface area contributed by atoms with Crippen LogP contribution in [0, 0.1) is 36.2 Å². The van der Waals surface area contributed by atoms with Gasteiger partial charge >= 0.3 is 5.97 Å². The summed E-state index contributed by atoms with van der Waals surface area (Å²) in [6, 6.07) is 7.63. The van der Waals surface area contributed by atoms with E-state index >= 15 is 0 Å². The highest BCUT2D eigenvalue weighted by Crippen LogP contribution is 2.36. The molecule has 0 heterocycles. The van der Waals surface area contributed by atoms with E-state index < -0.39 is 14.4 Å². The second kappa shape index (κ2) is 12.7. The van der Waals surface area contributed by atoms with Crippen LogP contribution < -0.4 is 0 Å². The van der Waals surface area contributed by atoms with Crippen molar-refractivity contribution in [2.45, 2.75) is 57.8 Å². The molecule has 0 aliphatic rings. The Morgan fingerprint density at radius 2 is 1.94 bits per heavy atom. The van der Waals surface area contributed by atoms with Gasteiger partial charge in [0.2, 0.25) is 0 Å². The maximum atomic E-state index is 11.1. The minimum Gasteiger partial charge on any atom is -0.466 e. The quantitative estimate of drug-likeness (QED) is 0.193. The van der Waals surface area contributed by atoms with Crippen LogP contribution >= 0.6 is 0 Å². The molecule has 0 amide bonds. The van der Waals surface area contributed by atoms with E-state index in [0.29, 0.717) is 19.4 Å². The average molecular weight is 437 g/mol. The van der Waals surface area contributed by atoms with Crippen molar-refractivity contribution in [3.63, 3.8) is 0 Å². The van der Waals surface area contributed by atoms with Crippen molar-refractivity contribution in [3.05, 3.63) is 47.5 Å². The van der Waals surface area contributed by atoms with Crippen molar-refractivity contribution in [2.24, 2.45) is 0 Å². The summed E-state index contributed by atoms with van der Waals surface area (Å²) in [6.45, 7) is 11.3. The molecule has 0 aromatic heterocycles. The Morgan fingerprint density at radius 3 is 2.58 bits per heavy atom. The predicted molar refractivity (Wildman–Crippen MR) is 127 cm³/mol. The van der Waals surface area contributed by atoms with Gasteiger partial charge in [0.05, 0.1) is 13.7 Å². The van der Waals surface area contributed by atoms with Gasteiger partial charge in [-0.25, -0.2) is 4.79 Å². The maximum Gasteiger partial charge on any atom is 0.330 e. The molecule has 0 saturated heterocycles. The van der Waals surface area contributed by atoms with Gasteiger partial charge in [0.15, 0.2) is 14.4 Å². The molecule has 1 atom stereocenters. The monoisotopic (exact) mass is 436 g/mol. The molecule has 1 unspecified atom stereocenters. The molecular weight excluding hydrogens is 404 g/mol. The van der Waals surface area contributed by atoms with E-state index in [0.717, 1.165) is 11.1 Å². The second-order valence-corrected chi connectivity index (χ2v) is 13.1. The van der Waals surface area contributed by atoms with Crippen LogP contribution in [0.2, 0.25) is 18.1 Å². The first kappa shape index (κ1) is 26.1. The van der Waals surface area contributed by atoms with Gasteiger partial charge in [-0.15, -0.1) is 0 Å². The molecule has 0 radical (unpaired) electrons. The van der Waals surface area contributed by atoms with Crippen LogP contribution in [0.15, 0.2) is 36.4 Å². The van der Waals surface area contributed by atoms with E-state index in [4.69, 9.17) is 15.6 Å².